The smallest absolute Gasteiger partial charge is 0.306 e. The molecular weight excluding hydrogens is 352 g/mol. The minimum Gasteiger partial charge on any atom is -0.481 e. The van der Waals surface area contributed by atoms with Crippen LogP contribution in [0.5, 0.6) is 0 Å². The van der Waals surface area contributed by atoms with Crippen molar-refractivity contribution in [2.45, 2.75) is 103 Å². The largest absolute Gasteiger partial charge is 0.481 e. The van der Waals surface area contributed by atoms with E-state index in [9.17, 15) is 9.59 Å². The van der Waals surface area contributed by atoms with E-state index in [-0.39, 0.29) is 12.4 Å². The molecule has 1 rings (SSSR count). The molecule has 28 heavy (non-hydrogen) atoms. The Morgan fingerprint density at radius 3 is 1.89 bits per heavy atom. The van der Waals surface area contributed by atoms with Crippen molar-refractivity contribution in [2.24, 2.45) is 0 Å². The molecule has 4 heteroatoms. The molecule has 0 bridgehead atoms. The molecule has 0 atom stereocenters. The van der Waals surface area contributed by atoms with Crippen molar-refractivity contribution < 1.29 is 19.4 Å². The van der Waals surface area contributed by atoms with Gasteiger partial charge in [0.25, 0.3) is 0 Å². The topological polar surface area (TPSA) is 63.6 Å². The van der Waals surface area contributed by atoms with Gasteiger partial charge in [0.05, 0.1) is 0 Å². The molecule has 158 valence electrons. The highest BCUT2D eigenvalue weighted by Gasteiger charge is 2.35. The number of rotatable bonds is 16. The Hall–Kier alpha value is -1.84. The maximum Gasteiger partial charge on any atom is 0.306 e. The van der Waals surface area contributed by atoms with Crippen molar-refractivity contribution in [3.63, 3.8) is 0 Å². The fourth-order valence-electron chi connectivity index (χ4n) is 3.59. The van der Waals surface area contributed by atoms with Gasteiger partial charge in [-0.3, -0.25) is 9.59 Å². The van der Waals surface area contributed by atoms with Gasteiger partial charge in [0, 0.05) is 12.8 Å². The highest BCUT2D eigenvalue weighted by Crippen LogP contribution is 2.37. The van der Waals surface area contributed by atoms with E-state index in [1.54, 1.807) is 0 Å². The van der Waals surface area contributed by atoms with Crippen LogP contribution in [-0.2, 0) is 19.9 Å². The summed E-state index contributed by atoms with van der Waals surface area (Å²) in [5.74, 6) is -0.846. The Morgan fingerprint density at radius 1 is 0.821 bits per heavy atom. The van der Waals surface area contributed by atoms with Gasteiger partial charge in [-0.1, -0.05) is 76.3 Å². The predicted molar refractivity (Wildman–Crippen MR) is 113 cm³/mol. The molecule has 0 saturated heterocycles. The minimum atomic E-state index is -0.736. The van der Waals surface area contributed by atoms with Gasteiger partial charge in [0.1, 0.15) is 5.60 Å². The number of hydrogen-bond acceptors (Lipinski definition) is 3. The molecule has 0 aliphatic rings. The molecule has 1 aromatic carbocycles. The molecular formula is C24H38O4. The second kappa shape index (κ2) is 14.2. The summed E-state index contributed by atoms with van der Waals surface area (Å²) in [7, 11) is 0. The SMILES string of the molecule is CCCCC(CCCC)(OC(=O)CCCCCCCC(=O)O)c1ccccc1. The van der Waals surface area contributed by atoms with Crippen LogP contribution in [0.3, 0.4) is 0 Å². The van der Waals surface area contributed by atoms with Gasteiger partial charge in [-0.15, -0.1) is 0 Å². The average Bonchev–Trinajstić information content (AvgIpc) is 2.69. The van der Waals surface area contributed by atoms with E-state index in [0.717, 1.165) is 69.8 Å². The van der Waals surface area contributed by atoms with E-state index in [2.05, 4.69) is 26.0 Å². The van der Waals surface area contributed by atoms with Crippen molar-refractivity contribution in [3.05, 3.63) is 35.9 Å². The quantitative estimate of drug-likeness (QED) is 0.254. The maximum absolute atomic E-state index is 12.6. The number of carbonyl (C=O) groups excluding carboxylic acids is 1. The number of hydrogen-bond donors (Lipinski definition) is 1. The van der Waals surface area contributed by atoms with Crippen LogP contribution in [0.2, 0.25) is 0 Å². The molecule has 1 N–H and O–H groups in total. The Balaban J connectivity index is 2.61. The summed E-state index contributed by atoms with van der Waals surface area (Å²) in [6.45, 7) is 4.34. The van der Waals surface area contributed by atoms with Crippen LogP contribution in [0.15, 0.2) is 30.3 Å². The fourth-order valence-corrected chi connectivity index (χ4v) is 3.59. The van der Waals surface area contributed by atoms with Gasteiger partial charge in [0.15, 0.2) is 0 Å². The van der Waals surface area contributed by atoms with E-state index in [0.29, 0.717) is 12.8 Å². The lowest BCUT2D eigenvalue weighted by atomic mass is 9.83. The summed E-state index contributed by atoms with van der Waals surface area (Å²) in [6.07, 6.45) is 11.0. The second-order valence-corrected chi connectivity index (χ2v) is 7.70. The number of unbranched alkanes of at least 4 members (excludes halogenated alkanes) is 6. The normalized spacial score (nSPS) is 11.4. The van der Waals surface area contributed by atoms with Crippen molar-refractivity contribution in [2.75, 3.05) is 0 Å². The lowest BCUT2D eigenvalue weighted by Crippen LogP contribution is -2.33. The lowest BCUT2D eigenvalue weighted by Gasteiger charge is -2.34. The second-order valence-electron chi connectivity index (χ2n) is 7.70. The molecule has 0 heterocycles. The first-order valence-electron chi connectivity index (χ1n) is 11.0. The van der Waals surface area contributed by atoms with Gasteiger partial charge in [-0.25, -0.2) is 0 Å². The lowest BCUT2D eigenvalue weighted by molar-refractivity contribution is -0.163. The highest BCUT2D eigenvalue weighted by molar-refractivity contribution is 5.70. The van der Waals surface area contributed by atoms with E-state index in [1.807, 2.05) is 18.2 Å². The van der Waals surface area contributed by atoms with Crippen LogP contribution < -0.4 is 0 Å². The summed E-state index contributed by atoms with van der Waals surface area (Å²) in [5.41, 5.74) is 0.602. The van der Waals surface area contributed by atoms with E-state index < -0.39 is 11.6 Å². The standard InChI is InChI=1S/C24H38O4/c1-3-5-19-24(20-6-4-2,21-15-11-10-12-16-21)28-23(27)18-14-9-7-8-13-17-22(25)26/h10-12,15-16H,3-9,13-14,17-20H2,1-2H3,(H,25,26). The predicted octanol–water partition coefficient (Wildman–Crippen LogP) is 6.62. The monoisotopic (exact) mass is 390 g/mol. The number of carboxylic acids is 1. The average molecular weight is 391 g/mol. The molecule has 0 saturated carbocycles. The zero-order valence-corrected chi connectivity index (χ0v) is 17.8. The first-order valence-corrected chi connectivity index (χ1v) is 11.0. The first-order chi connectivity index (χ1) is 13.5. The van der Waals surface area contributed by atoms with E-state index >= 15 is 0 Å². The van der Waals surface area contributed by atoms with Crippen molar-refractivity contribution >= 4 is 11.9 Å². The summed E-state index contributed by atoms with van der Waals surface area (Å²) < 4.78 is 6.17. The summed E-state index contributed by atoms with van der Waals surface area (Å²) in [6, 6.07) is 10.2. The summed E-state index contributed by atoms with van der Waals surface area (Å²) in [4.78, 5) is 23.2. The Bertz CT molecular complexity index is 545. The highest BCUT2D eigenvalue weighted by atomic mass is 16.6. The number of carboxylic acid groups (broad SMARTS) is 1. The van der Waals surface area contributed by atoms with Gasteiger partial charge >= 0.3 is 11.9 Å². The molecule has 0 radical (unpaired) electrons. The summed E-state index contributed by atoms with van der Waals surface area (Å²) in [5, 5.41) is 8.65. The van der Waals surface area contributed by atoms with Crippen molar-refractivity contribution in [3.8, 4) is 0 Å². The van der Waals surface area contributed by atoms with Crippen LogP contribution in [0, 0.1) is 0 Å². The molecule has 0 amide bonds. The van der Waals surface area contributed by atoms with E-state index in [1.165, 1.54) is 0 Å². The Labute approximate surface area is 170 Å². The number of carbonyl (C=O) groups is 2. The van der Waals surface area contributed by atoms with Crippen LogP contribution in [-0.4, -0.2) is 17.0 Å². The first kappa shape index (κ1) is 24.2. The molecule has 0 spiro atoms. The summed E-state index contributed by atoms with van der Waals surface area (Å²) >= 11 is 0. The fraction of sp³-hybridized carbons (Fsp3) is 0.667. The molecule has 0 fully saturated rings. The molecule has 0 aromatic heterocycles. The van der Waals surface area contributed by atoms with Crippen LogP contribution >= 0.6 is 0 Å². The number of aliphatic carboxylic acids is 1. The van der Waals surface area contributed by atoms with Crippen LogP contribution in [0.1, 0.15) is 103 Å². The van der Waals surface area contributed by atoms with Gasteiger partial charge in [0.2, 0.25) is 0 Å². The van der Waals surface area contributed by atoms with Crippen molar-refractivity contribution in [1.29, 1.82) is 0 Å². The third kappa shape index (κ3) is 9.38. The number of ether oxygens (including phenoxy) is 1. The zero-order valence-electron chi connectivity index (χ0n) is 17.8. The van der Waals surface area contributed by atoms with Gasteiger partial charge < -0.3 is 9.84 Å². The minimum absolute atomic E-state index is 0.110. The number of esters is 1. The van der Waals surface area contributed by atoms with Crippen LogP contribution in [0.25, 0.3) is 0 Å². The number of benzene rings is 1. The van der Waals surface area contributed by atoms with Gasteiger partial charge in [-0.05, 0) is 44.1 Å². The third-order valence-corrected chi connectivity index (χ3v) is 5.25. The van der Waals surface area contributed by atoms with E-state index in [4.69, 9.17) is 9.84 Å². The zero-order chi connectivity index (χ0) is 20.7. The van der Waals surface area contributed by atoms with Gasteiger partial charge in [-0.2, -0.15) is 0 Å². The maximum atomic E-state index is 12.6. The molecule has 0 aliphatic heterocycles. The Morgan fingerprint density at radius 2 is 1.36 bits per heavy atom. The molecule has 0 unspecified atom stereocenters. The third-order valence-electron chi connectivity index (χ3n) is 5.25. The molecule has 1 aromatic rings. The van der Waals surface area contributed by atoms with Crippen molar-refractivity contribution in [1.82, 2.24) is 0 Å². The Kier molecular flexibility index (Phi) is 12.3. The van der Waals surface area contributed by atoms with Crippen LogP contribution in [0.4, 0.5) is 0 Å². The molecule has 0 aliphatic carbocycles. The molecule has 4 nitrogen and oxygen atoms in total.